The van der Waals surface area contributed by atoms with Gasteiger partial charge >= 0.3 is 0 Å². The van der Waals surface area contributed by atoms with Crippen LogP contribution in [0, 0.1) is 0 Å². The van der Waals surface area contributed by atoms with Crippen molar-refractivity contribution in [2.45, 2.75) is 6.54 Å². The van der Waals surface area contributed by atoms with Gasteiger partial charge in [-0.3, -0.25) is 9.69 Å². The summed E-state index contributed by atoms with van der Waals surface area (Å²) in [4.78, 5) is 28.1. The molecule has 1 aromatic carbocycles. The highest BCUT2D eigenvalue weighted by atomic mass is 32.2. The summed E-state index contributed by atoms with van der Waals surface area (Å²) in [6.07, 6.45) is 5.38. The van der Waals surface area contributed by atoms with E-state index in [1.807, 2.05) is 18.3 Å². The number of nitrogens with one attached hydrogen (secondary N) is 1. The highest BCUT2D eigenvalue weighted by molar-refractivity contribution is 8.26. The number of hydrogen-bond donors (Lipinski definition) is 0. The topological polar surface area (TPSA) is 83.8 Å². The van der Waals surface area contributed by atoms with Crippen molar-refractivity contribution < 1.29 is 24.4 Å². The maximum Gasteiger partial charge on any atom is 0.266 e. The zero-order valence-corrected chi connectivity index (χ0v) is 15.1. The molecular formula is C18H14N2O4S2. The van der Waals surface area contributed by atoms with Gasteiger partial charge in [-0.25, -0.2) is 4.98 Å². The molecule has 0 unspecified atom stereocenters. The fourth-order valence-electron chi connectivity index (χ4n) is 2.30. The number of ether oxygens (including phenoxy) is 1. The molecule has 1 amide bonds. The molecule has 3 rings (SSSR count). The van der Waals surface area contributed by atoms with E-state index in [0.29, 0.717) is 21.5 Å². The predicted molar refractivity (Wildman–Crippen MR) is 98.7 cm³/mol. The van der Waals surface area contributed by atoms with Gasteiger partial charge in [-0.05, 0) is 29.8 Å². The smallest absolute Gasteiger partial charge is 0.266 e. The number of benzene rings is 1. The van der Waals surface area contributed by atoms with E-state index < -0.39 is 12.6 Å². The Labute approximate surface area is 159 Å². The molecule has 2 heterocycles. The van der Waals surface area contributed by atoms with Crippen molar-refractivity contribution in [2.75, 3.05) is 6.61 Å². The maximum absolute atomic E-state index is 12.6. The van der Waals surface area contributed by atoms with Gasteiger partial charge in [0.1, 0.15) is 16.7 Å². The lowest BCUT2D eigenvalue weighted by molar-refractivity contribution is -0.378. The number of rotatable bonds is 6. The van der Waals surface area contributed by atoms with Crippen LogP contribution in [-0.4, -0.2) is 27.7 Å². The summed E-state index contributed by atoms with van der Waals surface area (Å²) in [7, 11) is 0. The van der Waals surface area contributed by atoms with E-state index in [2.05, 4.69) is 4.98 Å². The molecule has 1 aliphatic rings. The SMILES string of the molecule is O=C([O-])COc1ccc(/C=C2\SC(=S)N(Cc3ccc[nH+]c3)C2=O)cc1. The number of thioether (sulfide) groups is 1. The highest BCUT2D eigenvalue weighted by Crippen LogP contribution is 2.33. The molecular weight excluding hydrogens is 372 g/mol. The minimum absolute atomic E-state index is 0.138. The molecule has 1 fully saturated rings. The van der Waals surface area contributed by atoms with Gasteiger partial charge in [0.25, 0.3) is 5.91 Å². The minimum Gasteiger partial charge on any atom is -0.546 e. The fourth-order valence-corrected chi connectivity index (χ4v) is 3.56. The lowest BCUT2D eigenvalue weighted by atomic mass is 10.2. The van der Waals surface area contributed by atoms with Crippen molar-refractivity contribution in [2.24, 2.45) is 0 Å². The van der Waals surface area contributed by atoms with Crippen LogP contribution in [0.2, 0.25) is 0 Å². The van der Waals surface area contributed by atoms with Crippen molar-refractivity contribution in [1.82, 2.24) is 4.90 Å². The number of H-pyrrole nitrogens is 1. The van der Waals surface area contributed by atoms with E-state index in [-0.39, 0.29) is 5.91 Å². The maximum atomic E-state index is 12.6. The van der Waals surface area contributed by atoms with Gasteiger partial charge in [0.05, 0.1) is 17.4 Å². The second-order valence-electron chi connectivity index (χ2n) is 5.41. The van der Waals surface area contributed by atoms with Crippen LogP contribution in [0.15, 0.2) is 53.7 Å². The van der Waals surface area contributed by atoms with E-state index in [9.17, 15) is 14.7 Å². The van der Waals surface area contributed by atoms with Crippen LogP contribution in [-0.2, 0) is 16.1 Å². The molecule has 132 valence electrons. The number of amides is 1. The van der Waals surface area contributed by atoms with Crippen molar-refractivity contribution in [3.63, 3.8) is 0 Å². The number of hydrogen-bond acceptors (Lipinski definition) is 6. The summed E-state index contributed by atoms with van der Waals surface area (Å²) in [5.41, 5.74) is 1.75. The molecule has 0 spiro atoms. The van der Waals surface area contributed by atoms with Crippen molar-refractivity contribution in [3.8, 4) is 5.75 Å². The Morgan fingerprint density at radius 2 is 2.08 bits per heavy atom. The van der Waals surface area contributed by atoms with Crippen molar-refractivity contribution in [1.29, 1.82) is 0 Å². The van der Waals surface area contributed by atoms with Crippen LogP contribution in [0.4, 0.5) is 0 Å². The second kappa shape index (κ2) is 8.11. The van der Waals surface area contributed by atoms with Crippen molar-refractivity contribution in [3.05, 3.63) is 64.8 Å². The highest BCUT2D eigenvalue weighted by Gasteiger charge is 2.32. The predicted octanol–water partition coefficient (Wildman–Crippen LogP) is 1.03. The molecule has 0 aliphatic carbocycles. The number of carboxylic acid groups (broad SMARTS) is 1. The average molecular weight is 386 g/mol. The van der Waals surface area contributed by atoms with Gasteiger partial charge in [-0.2, -0.15) is 0 Å². The Balaban J connectivity index is 1.70. The van der Waals surface area contributed by atoms with Crippen LogP contribution in [0.1, 0.15) is 11.1 Å². The Kier molecular flexibility index (Phi) is 5.65. The summed E-state index contributed by atoms with van der Waals surface area (Å²) in [5, 5.41) is 10.4. The van der Waals surface area contributed by atoms with E-state index in [0.717, 1.165) is 11.1 Å². The number of carboxylic acids is 1. The Morgan fingerprint density at radius 3 is 2.73 bits per heavy atom. The molecule has 0 saturated carbocycles. The molecule has 0 radical (unpaired) electrons. The number of aromatic amines is 1. The van der Waals surface area contributed by atoms with Crippen LogP contribution < -0.4 is 14.8 Å². The summed E-state index contributed by atoms with van der Waals surface area (Å²) >= 11 is 6.58. The first-order chi connectivity index (χ1) is 12.5. The molecule has 26 heavy (non-hydrogen) atoms. The van der Waals surface area contributed by atoms with Gasteiger partial charge in [-0.15, -0.1) is 0 Å². The number of nitrogens with zero attached hydrogens (tertiary/aromatic N) is 1. The summed E-state index contributed by atoms with van der Waals surface area (Å²) in [6.45, 7) is -0.0930. The van der Waals surface area contributed by atoms with Gasteiger partial charge in [0, 0.05) is 11.6 Å². The van der Waals surface area contributed by atoms with E-state index >= 15 is 0 Å². The molecule has 6 nitrogen and oxygen atoms in total. The Hall–Kier alpha value is -2.71. The molecule has 1 N–H and O–H groups in total. The third kappa shape index (κ3) is 4.47. The van der Waals surface area contributed by atoms with Gasteiger partial charge in [0.2, 0.25) is 0 Å². The summed E-state index contributed by atoms with van der Waals surface area (Å²) in [6, 6.07) is 10.5. The summed E-state index contributed by atoms with van der Waals surface area (Å²) < 4.78 is 5.54. The normalized spacial score (nSPS) is 15.5. The largest absolute Gasteiger partial charge is 0.546 e. The monoisotopic (exact) mass is 386 g/mol. The van der Waals surface area contributed by atoms with Gasteiger partial charge in [0.15, 0.2) is 12.4 Å². The molecule has 1 aromatic heterocycles. The molecule has 0 bridgehead atoms. The molecule has 0 atom stereocenters. The third-order valence-electron chi connectivity index (χ3n) is 3.52. The number of carbonyl (C=O) groups excluding carboxylic acids is 2. The Bertz CT molecular complexity index is 867. The number of aromatic nitrogens is 1. The molecule has 8 heteroatoms. The lowest BCUT2D eigenvalue weighted by Crippen LogP contribution is -2.28. The number of aliphatic carboxylic acids is 1. The van der Waals surface area contributed by atoms with Crippen LogP contribution >= 0.6 is 24.0 Å². The lowest BCUT2D eigenvalue weighted by Gasteiger charge is -2.12. The van der Waals surface area contributed by atoms with E-state index in [1.54, 1.807) is 41.4 Å². The van der Waals surface area contributed by atoms with Crippen molar-refractivity contribution >= 4 is 46.3 Å². The molecule has 1 aliphatic heterocycles. The second-order valence-corrected chi connectivity index (χ2v) is 7.09. The molecule has 2 aromatic rings. The first kappa shape index (κ1) is 18.1. The molecule has 1 saturated heterocycles. The van der Waals surface area contributed by atoms with Crippen LogP contribution in [0.25, 0.3) is 6.08 Å². The van der Waals surface area contributed by atoms with E-state index in [4.69, 9.17) is 17.0 Å². The fraction of sp³-hybridized carbons (Fsp3) is 0.111. The number of pyridine rings is 1. The van der Waals surface area contributed by atoms with Crippen LogP contribution in [0.3, 0.4) is 0 Å². The van der Waals surface area contributed by atoms with Gasteiger partial charge < -0.3 is 14.6 Å². The first-order valence-corrected chi connectivity index (χ1v) is 8.88. The standard InChI is InChI=1S/C18H14N2O4S2/c21-16(22)11-24-14-5-3-12(4-6-14)8-15-17(23)20(18(25)26-15)10-13-2-1-7-19-9-13/h1-9H,10-11H2,(H,21,22)/b15-8-. The van der Waals surface area contributed by atoms with Crippen LogP contribution in [0.5, 0.6) is 5.75 Å². The zero-order valence-electron chi connectivity index (χ0n) is 13.5. The summed E-state index contributed by atoms with van der Waals surface area (Å²) in [5.74, 6) is -1.01. The first-order valence-electron chi connectivity index (χ1n) is 7.66. The minimum atomic E-state index is -1.28. The third-order valence-corrected chi connectivity index (χ3v) is 4.90. The zero-order chi connectivity index (χ0) is 18.5. The number of carbonyl (C=O) groups is 2. The number of thiocarbonyl (C=S) groups is 1. The van der Waals surface area contributed by atoms with E-state index in [1.165, 1.54) is 11.8 Å². The Morgan fingerprint density at radius 1 is 1.31 bits per heavy atom. The quantitative estimate of drug-likeness (QED) is 0.545. The average Bonchev–Trinajstić information content (AvgIpc) is 2.89. The van der Waals surface area contributed by atoms with Gasteiger partial charge in [-0.1, -0.05) is 36.1 Å².